The first kappa shape index (κ1) is 23.4. The topological polar surface area (TPSA) is 123 Å². The predicted octanol–water partition coefficient (Wildman–Crippen LogP) is 3.60. The molecular formula is C22H27N3O6S. The van der Waals surface area contributed by atoms with Crippen molar-refractivity contribution in [1.29, 1.82) is 0 Å². The number of amides is 2. The van der Waals surface area contributed by atoms with Crippen molar-refractivity contribution in [1.82, 2.24) is 0 Å². The average Bonchev–Trinajstić information content (AvgIpc) is 3.21. The number of ether oxygens (including phenoxy) is 2. The van der Waals surface area contributed by atoms with E-state index in [1.54, 1.807) is 25.3 Å². The van der Waals surface area contributed by atoms with E-state index in [-0.39, 0.29) is 23.3 Å². The van der Waals surface area contributed by atoms with Crippen LogP contribution in [0.1, 0.15) is 43.0 Å². The van der Waals surface area contributed by atoms with Crippen LogP contribution in [0.25, 0.3) is 0 Å². The van der Waals surface area contributed by atoms with Gasteiger partial charge in [-0.1, -0.05) is 0 Å². The maximum Gasteiger partial charge on any atom is 0.257 e. The molecular weight excluding hydrogens is 434 g/mol. The molecule has 0 saturated heterocycles. The summed E-state index contributed by atoms with van der Waals surface area (Å²) in [6.07, 6.45) is 5.27. The maximum absolute atomic E-state index is 13.0. The van der Waals surface area contributed by atoms with Crippen LogP contribution in [0.15, 0.2) is 36.4 Å². The van der Waals surface area contributed by atoms with Gasteiger partial charge in [0.05, 0.1) is 30.7 Å². The summed E-state index contributed by atoms with van der Waals surface area (Å²) < 4.78 is 37.2. The molecule has 0 atom stereocenters. The Kier molecular flexibility index (Phi) is 7.24. The van der Waals surface area contributed by atoms with E-state index in [4.69, 9.17) is 9.47 Å². The van der Waals surface area contributed by atoms with Crippen molar-refractivity contribution in [2.45, 2.75) is 38.7 Å². The molecule has 32 heavy (non-hydrogen) atoms. The number of carbonyl (C=O) groups is 2. The third-order valence-electron chi connectivity index (χ3n) is 4.90. The summed E-state index contributed by atoms with van der Waals surface area (Å²) in [6, 6.07) is 9.37. The number of methoxy groups -OCH3 is 1. The summed E-state index contributed by atoms with van der Waals surface area (Å²) in [4.78, 5) is 24.4. The summed E-state index contributed by atoms with van der Waals surface area (Å²) in [5, 5.41) is 5.35. The molecule has 0 aliphatic heterocycles. The van der Waals surface area contributed by atoms with Crippen molar-refractivity contribution in [2.75, 3.05) is 28.7 Å². The van der Waals surface area contributed by atoms with Crippen molar-refractivity contribution >= 4 is 38.9 Å². The number of hydrogen-bond donors (Lipinski definition) is 3. The van der Waals surface area contributed by atoms with E-state index in [1.807, 2.05) is 0 Å². The molecule has 0 unspecified atom stereocenters. The fourth-order valence-corrected chi connectivity index (χ4v) is 4.11. The second kappa shape index (κ2) is 9.90. The van der Waals surface area contributed by atoms with E-state index in [0.29, 0.717) is 22.9 Å². The predicted molar refractivity (Wildman–Crippen MR) is 123 cm³/mol. The third kappa shape index (κ3) is 6.36. The van der Waals surface area contributed by atoms with Crippen LogP contribution in [0.3, 0.4) is 0 Å². The van der Waals surface area contributed by atoms with Crippen LogP contribution in [0, 0.1) is 0 Å². The van der Waals surface area contributed by atoms with Gasteiger partial charge in [0.25, 0.3) is 5.91 Å². The Bertz CT molecular complexity index is 1110. The van der Waals surface area contributed by atoms with Crippen molar-refractivity contribution in [3.63, 3.8) is 0 Å². The molecule has 1 fully saturated rings. The van der Waals surface area contributed by atoms with Gasteiger partial charge < -0.3 is 20.1 Å². The smallest absolute Gasteiger partial charge is 0.257 e. The lowest BCUT2D eigenvalue weighted by Gasteiger charge is -2.17. The summed E-state index contributed by atoms with van der Waals surface area (Å²) in [6.45, 7) is 1.34. The third-order valence-corrected chi connectivity index (χ3v) is 5.49. The first-order valence-electron chi connectivity index (χ1n) is 10.2. The molecule has 0 spiro atoms. The number of anilines is 3. The molecule has 0 radical (unpaired) electrons. The second-order valence-corrected chi connectivity index (χ2v) is 9.41. The van der Waals surface area contributed by atoms with E-state index >= 15 is 0 Å². The molecule has 0 aromatic heterocycles. The molecule has 0 heterocycles. The monoisotopic (exact) mass is 461 g/mol. The van der Waals surface area contributed by atoms with Gasteiger partial charge in [0.1, 0.15) is 0 Å². The normalized spacial score (nSPS) is 14.0. The summed E-state index contributed by atoms with van der Waals surface area (Å²) in [7, 11) is -2.08. The zero-order valence-corrected chi connectivity index (χ0v) is 19.0. The van der Waals surface area contributed by atoms with Crippen LogP contribution >= 0.6 is 0 Å². The number of rotatable bonds is 8. The van der Waals surface area contributed by atoms with Gasteiger partial charge in [0, 0.05) is 24.4 Å². The van der Waals surface area contributed by atoms with Crippen molar-refractivity contribution in [2.24, 2.45) is 0 Å². The summed E-state index contributed by atoms with van der Waals surface area (Å²) >= 11 is 0. The lowest BCUT2D eigenvalue weighted by molar-refractivity contribution is -0.114. The lowest BCUT2D eigenvalue weighted by atomic mass is 10.1. The van der Waals surface area contributed by atoms with Crippen LogP contribution in [0.5, 0.6) is 11.5 Å². The molecule has 1 saturated carbocycles. The highest BCUT2D eigenvalue weighted by atomic mass is 32.2. The Morgan fingerprint density at radius 2 is 1.62 bits per heavy atom. The van der Waals surface area contributed by atoms with Crippen LogP contribution < -0.4 is 24.8 Å². The van der Waals surface area contributed by atoms with Crippen LogP contribution in [-0.4, -0.2) is 39.7 Å². The van der Waals surface area contributed by atoms with E-state index < -0.39 is 15.9 Å². The Hall–Kier alpha value is -3.27. The molecule has 2 aromatic carbocycles. The van der Waals surface area contributed by atoms with Gasteiger partial charge in [-0.15, -0.1) is 0 Å². The molecule has 3 rings (SSSR count). The highest BCUT2D eigenvalue weighted by Gasteiger charge is 2.20. The minimum atomic E-state index is -3.63. The van der Waals surface area contributed by atoms with Crippen LogP contribution in [-0.2, 0) is 14.8 Å². The largest absolute Gasteiger partial charge is 0.493 e. The second-order valence-electron chi connectivity index (χ2n) is 7.66. The van der Waals surface area contributed by atoms with Gasteiger partial charge in [-0.3, -0.25) is 14.3 Å². The molecule has 1 aliphatic carbocycles. The minimum absolute atomic E-state index is 0.0516. The number of benzene rings is 2. The number of sulfonamides is 1. The minimum Gasteiger partial charge on any atom is -0.493 e. The van der Waals surface area contributed by atoms with Crippen molar-refractivity contribution in [3.05, 3.63) is 42.0 Å². The summed E-state index contributed by atoms with van der Waals surface area (Å²) in [5.41, 5.74) is 0.964. The summed E-state index contributed by atoms with van der Waals surface area (Å²) in [5.74, 6) is 0.213. The van der Waals surface area contributed by atoms with Gasteiger partial charge in [-0.2, -0.15) is 0 Å². The number of nitrogens with one attached hydrogen (secondary N) is 3. The lowest BCUT2D eigenvalue weighted by Crippen LogP contribution is -2.18. The Morgan fingerprint density at radius 3 is 2.25 bits per heavy atom. The van der Waals surface area contributed by atoms with Crippen molar-refractivity contribution < 1.29 is 27.5 Å². The Labute approximate surface area is 187 Å². The van der Waals surface area contributed by atoms with Gasteiger partial charge >= 0.3 is 0 Å². The maximum atomic E-state index is 13.0. The van der Waals surface area contributed by atoms with E-state index in [9.17, 15) is 18.0 Å². The van der Waals surface area contributed by atoms with E-state index in [1.165, 1.54) is 25.1 Å². The Morgan fingerprint density at radius 1 is 0.969 bits per heavy atom. The van der Waals surface area contributed by atoms with Gasteiger partial charge in [-0.25, -0.2) is 8.42 Å². The first-order valence-corrected chi connectivity index (χ1v) is 12.1. The molecule has 1 aliphatic rings. The molecule has 2 aromatic rings. The Balaban J connectivity index is 1.88. The molecule has 9 nitrogen and oxygen atoms in total. The molecule has 10 heteroatoms. The highest BCUT2D eigenvalue weighted by Crippen LogP contribution is 2.34. The zero-order valence-electron chi connectivity index (χ0n) is 18.2. The quantitative estimate of drug-likeness (QED) is 0.552. The molecule has 172 valence electrons. The fraction of sp³-hybridized carbons (Fsp3) is 0.364. The average molecular weight is 462 g/mol. The molecule has 0 bridgehead atoms. The van der Waals surface area contributed by atoms with Gasteiger partial charge in [0.15, 0.2) is 11.5 Å². The standard InChI is InChI=1S/C22H27N3O6S/c1-14(26)23-15-8-10-19(25-32(3,28)29)18(12-15)22(27)24-16-9-11-20(30-2)21(13-16)31-17-6-4-5-7-17/h8-13,17,25H,4-7H2,1-3H3,(H,23,26)(H,24,27). The zero-order chi connectivity index (χ0) is 23.3. The van der Waals surface area contributed by atoms with Crippen LogP contribution in [0.2, 0.25) is 0 Å². The molecule has 3 N–H and O–H groups in total. The van der Waals surface area contributed by atoms with E-state index in [0.717, 1.165) is 31.9 Å². The van der Waals surface area contributed by atoms with Crippen LogP contribution in [0.4, 0.5) is 17.1 Å². The number of hydrogen-bond acceptors (Lipinski definition) is 6. The first-order chi connectivity index (χ1) is 15.1. The van der Waals surface area contributed by atoms with E-state index in [2.05, 4.69) is 15.4 Å². The molecule has 2 amide bonds. The fourth-order valence-electron chi connectivity index (χ4n) is 3.53. The number of carbonyl (C=O) groups excluding carboxylic acids is 2. The highest BCUT2D eigenvalue weighted by molar-refractivity contribution is 7.92. The van der Waals surface area contributed by atoms with Crippen molar-refractivity contribution in [3.8, 4) is 11.5 Å². The van der Waals surface area contributed by atoms with Gasteiger partial charge in [0.2, 0.25) is 15.9 Å². The SMILES string of the molecule is COc1ccc(NC(=O)c2cc(NC(C)=O)ccc2NS(C)(=O)=O)cc1OC1CCCC1. The van der Waals surface area contributed by atoms with Gasteiger partial charge in [-0.05, 0) is 56.0 Å².